The van der Waals surface area contributed by atoms with Crippen molar-refractivity contribution in [2.75, 3.05) is 16.5 Å². The third-order valence-electron chi connectivity index (χ3n) is 7.57. The highest BCUT2D eigenvalue weighted by molar-refractivity contribution is 5.79. The zero-order chi connectivity index (χ0) is 24.4. The van der Waals surface area contributed by atoms with Crippen LogP contribution in [-0.4, -0.2) is 6.67 Å². The van der Waals surface area contributed by atoms with E-state index in [1.807, 2.05) is 0 Å². The molecule has 4 aromatic rings. The lowest BCUT2D eigenvalue weighted by Crippen LogP contribution is -2.46. The maximum atomic E-state index is 2.58. The molecule has 0 fully saturated rings. The lowest BCUT2D eigenvalue weighted by molar-refractivity contribution is 0.647. The largest absolute Gasteiger partial charge is 0.349 e. The van der Waals surface area contributed by atoms with E-state index in [9.17, 15) is 0 Å². The van der Waals surface area contributed by atoms with Gasteiger partial charge < -0.3 is 9.80 Å². The molecule has 0 amide bonds. The lowest BCUT2D eigenvalue weighted by Gasteiger charge is -2.46. The van der Waals surface area contributed by atoms with Crippen LogP contribution in [0.4, 0.5) is 11.4 Å². The highest BCUT2D eigenvalue weighted by Crippen LogP contribution is 2.44. The molecule has 0 N–H and O–H groups in total. The summed E-state index contributed by atoms with van der Waals surface area (Å²) >= 11 is 0. The molecule has 0 aliphatic carbocycles. The summed E-state index contributed by atoms with van der Waals surface area (Å²) in [4.78, 5) is 5.15. The van der Waals surface area contributed by atoms with E-state index in [2.05, 4.69) is 112 Å². The monoisotopic (exact) mass is 458 g/mol. The van der Waals surface area contributed by atoms with Gasteiger partial charge in [-0.1, -0.05) is 58.7 Å². The summed E-state index contributed by atoms with van der Waals surface area (Å²) in [6.07, 6.45) is 0. The first kappa shape index (κ1) is 22.0. The van der Waals surface area contributed by atoms with Crippen molar-refractivity contribution < 1.29 is 0 Å². The fourth-order valence-electron chi connectivity index (χ4n) is 6.48. The van der Waals surface area contributed by atoms with Crippen molar-refractivity contribution >= 4 is 11.4 Å². The summed E-state index contributed by atoms with van der Waals surface area (Å²) in [5, 5.41) is 0. The van der Waals surface area contributed by atoms with E-state index in [1.54, 1.807) is 0 Å². The topological polar surface area (TPSA) is 6.48 Å². The van der Waals surface area contributed by atoms with Crippen LogP contribution in [0.3, 0.4) is 0 Å². The lowest BCUT2D eigenvalue weighted by atomic mass is 9.90. The van der Waals surface area contributed by atoms with Crippen molar-refractivity contribution in [2.24, 2.45) is 0 Å². The smallest absolute Gasteiger partial charge is 0.0910 e. The van der Waals surface area contributed by atoms with Crippen LogP contribution in [0.2, 0.25) is 0 Å². The minimum absolute atomic E-state index is 0.960. The Hall–Kier alpha value is -3.52. The van der Waals surface area contributed by atoms with Gasteiger partial charge in [0.25, 0.3) is 0 Å². The summed E-state index contributed by atoms with van der Waals surface area (Å²) in [6, 6.07) is 23.4. The minimum Gasteiger partial charge on any atom is -0.349 e. The van der Waals surface area contributed by atoms with Crippen molar-refractivity contribution in [3.8, 4) is 22.3 Å². The van der Waals surface area contributed by atoms with Gasteiger partial charge in [0.1, 0.15) is 0 Å². The van der Waals surface area contributed by atoms with Gasteiger partial charge in [-0.15, -0.1) is 0 Å². The van der Waals surface area contributed by atoms with E-state index in [-0.39, 0.29) is 0 Å². The zero-order valence-corrected chi connectivity index (χ0v) is 21.8. The van der Waals surface area contributed by atoms with Crippen molar-refractivity contribution in [1.29, 1.82) is 0 Å². The Morgan fingerprint density at radius 2 is 0.771 bits per heavy atom. The van der Waals surface area contributed by atoms with Crippen molar-refractivity contribution in [1.82, 2.24) is 0 Å². The third-order valence-corrected chi connectivity index (χ3v) is 7.57. The second kappa shape index (κ2) is 8.02. The fraction of sp³-hybridized carbons (Fsp3) is 0.273. The molecule has 2 bridgehead atoms. The van der Waals surface area contributed by atoms with Gasteiger partial charge in [0.15, 0.2) is 0 Å². The molecular weight excluding hydrogens is 424 g/mol. The molecule has 0 saturated carbocycles. The maximum Gasteiger partial charge on any atom is 0.0910 e. The van der Waals surface area contributed by atoms with Gasteiger partial charge >= 0.3 is 0 Å². The number of aryl methyl sites for hydroxylation is 6. The Balaban J connectivity index is 1.42. The van der Waals surface area contributed by atoms with E-state index >= 15 is 0 Å². The Labute approximate surface area is 209 Å². The molecular formula is C33H34N2. The molecule has 0 unspecified atom stereocenters. The molecule has 0 atom stereocenters. The van der Waals surface area contributed by atoms with Crippen LogP contribution in [0.5, 0.6) is 0 Å². The fourth-order valence-corrected chi connectivity index (χ4v) is 6.48. The Kier molecular flexibility index (Phi) is 5.03. The van der Waals surface area contributed by atoms with Crippen molar-refractivity contribution in [3.05, 3.63) is 105 Å². The zero-order valence-electron chi connectivity index (χ0n) is 21.8. The molecule has 0 spiro atoms. The van der Waals surface area contributed by atoms with Gasteiger partial charge in [0, 0.05) is 24.5 Å². The first-order chi connectivity index (χ1) is 16.7. The predicted octanol–water partition coefficient (Wildman–Crippen LogP) is 8.17. The van der Waals surface area contributed by atoms with Crippen LogP contribution in [0.1, 0.15) is 44.5 Å². The van der Waals surface area contributed by atoms with E-state index in [0.717, 1.165) is 19.8 Å². The van der Waals surface area contributed by atoms with Crippen molar-refractivity contribution in [2.45, 2.75) is 54.6 Å². The van der Waals surface area contributed by atoms with Crippen LogP contribution in [0, 0.1) is 41.5 Å². The molecule has 176 valence electrons. The van der Waals surface area contributed by atoms with Gasteiger partial charge in [-0.25, -0.2) is 0 Å². The molecule has 0 aromatic heterocycles. The summed E-state index contributed by atoms with van der Waals surface area (Å²) < 4.78 is 0. The number of hydrogen-bond acceptors (Lipinski definition) is 2. The Morgan fingerprint density at radius 3 is 1.14 bits per heavy atom. The molecule has 6 rings (SSSR count). The standard InChI is InChI=1S/C33H34N2/c1-20-7-21(2)10-26(9-20)28-13-24(5)32-30(15-28)17-34-19-35(32)18-31-16-29(14-25(6)33(31)34)27-11-22(3)8-23(4)12-27/h7-16H,17-19H2,1-6H3. The van der Waals surface area contributed by atoms with E-state index in [1.165, 1.54) is 78.1 Å². The number of benzene rings is 4. The minimum atomic E-state index is 0.960. The molecule has 2 heteroatoms. The van der Waals surface area contributed by atoms with Crippen LogP contribution >= 0.6 is 0 Å². The van der Waals surface area contributed by atoms with Crippen molar-refractivity contribution in [3.63, 3.8) is 0 Å². The number of nitrogens with zero attached hydrogens (tertiary/aromatic N) is 2. The number of anilines is 2. The number of hydrogen-bond donors (Lipinski definition) is 0. The van der Waals surface area contributed by atoms with E-state index in [0.29, 0.717) is 0 Å². The van der Waals surface area contributed by atoms with E-state index in [4.69, 9.17) is 0 Å². The predicted molar refractivity (Wildman–Crippen MR) is 149 cm³/mol. The van der Waals surface area contributed by atoms with Gasteiger partial charge in [0.2, 0.25) is 0 Å². The van der Waals surface area contributed by atoms with Gasteiger partial charge in [-0.05, 0) is 110 Å². The number of fused-ring (bicyclic) bond motifs is 6. The third kappa shape index (κ3) is 3.82. The van der Waals surface area contributed by atoms with Gasteiger partial charge in [-0.2, -0.15) is 0 Å². The molecule has 0 radical (unpaired) electrons. The summed E-state index contributed by atoms with van der Waals surface area (Å²) in [5.74, 6) is 0. The molecule has 2 nitrogen and oxygen atoms in total. The highest BCUT2D eigenvalue weighted by atomic mass is 15.4. The second-order valence-corrected chi connectivity index (χ2v) is 10.9. The summed E-state index contributed by atoms with van der Waals surface area (Å²) in [6.45, 7) is 16.2. The number of rotatable bonds is 2. The first-order valence-corrected chi connectivity index (χ1v) is 12.7. The Morgan fingerprint density at radius 1 is 0.429 bits per heavy atom. The molecule has 2 aliphatic heterocycles. The second-order valence-electron chi connectivity index (χ2n) is 10.9. The quantitative estimate of drug-likeness (QED) is 0.299. The van der Waals surface area contributed by atoms with E-state index < -0.39 is 0 Å². The van der Waals surface area contributed by atoms with Gasteiger partial charge in [-0.3, -0.25) is 0 Å². The highest BCUT2D eigenvalue weighted by Gasteiger charge is 2.32. The first-order valence-electron chi connectivity index (χ1n) is 12.7. The summed E-state index contributed by atoms with van der Waals surface area (Å²) in [5.41, 5.74) is 19.1. The molecule has 0 saturated heterocycles. The van der Waals surface area contributed by atoms with Crippen LogP contribution in [0.15, 0.2) is 60.7 Å². The van der Waals surface area contributed by atoms with Crippen LogP contribution in [0.25, 0.3) is 22.3 Å². The summed E-state index contributed by atoms with van der Waals surface area (Å²) in [7, 11) is 0. The average molecular weight is 459 g/mol. The van der Waals surface area contributed by atoms with Gasteiger partial charge in [0.05, 0.1) is 6.67 Å². The molecule has 35 heavy (non-hydrogen) atoms. The SMILES string of the molecule is Cc1cc(C)cc(-c2cc(C)c3c(c2)CN2CN3Cc3cc(-c4cc(C)cc(C)c4)cc(C)c32)c1. The average Bonchev–Trinajstić information content (AvgIpc) is 2.76. The van der Waals surface area contributed by atoms with Crippen LogP contribution in [-0.2, 0) is 13.1 Å². The Bertz CT molecular complexity index is 1340. The molecule has 2 aliphatic rings. The molecule has 2 heterocycles. The van der Waals surface area contributed by atoms with Crippen LogP contribution < -0.4 is 9.80 Å². The maximum absolute atomic E-state index is 2.58. The normalized spacial score (nSPS) is 14.1. The molecule has 4 aromatic carbocycles.